The van der Waals surface area contributed by atoms with Crippen molar-refractivity contribution in [2.24, 2.45) is 56.2 Å². The number of nitrogens with zero attached hydrogens (tertiary/aromatic N) is 1. The van der Waals surface area contributed by atoms with Gasteiger partial charge in [0.2, 0.25) is 5.78 Å². The van der Waals surface area contributed by atoms with Crippen LogP contribution in [0.25, 0.3) is 4.85 Å². The van der Waals surface area contributed by atoms with Crippen molar-refractivity contribution in [3.8, 4) is 0 Å². The van der Waals surface area contributed by atoms with E-state index in [1.165, 1.54) is 0 Å². The summed E-state index contributed by atoms with van der Waals surface area (Å²) in [6.45, 7) is 25.9. The van der Waals surface area contributed by atoms with E-state index < -0.39 is 11.5 Å². The third-order valence-corrected chi connectivity index (χ3v) is 13.9. The minimum Gasteiger partial charge on any atom is -0.305 e. The van der Waals surface area contributed by atoms with Crippen LogP contribution in [0.4, 0.5) is 0 Å². The maximum Gasteiger partial charge on any atom is 0.281 e. The summed E-state index contributed by atoms with van der Waals surface area (Å²) in [6.07, 6.45) is 9.50. The van der Waals surface area contributed by atoms with Gasteiger partial charge in [-0.25, -0.2) is 6.57 Å². The molecule has 0 bridgehead atoms. The SMILES string of the molecule is [C-]#[N+]C1C[C@]2(C)[C@H]3CC(=O)[C@@H]4[C@@H]5CC(C)(C)CC[C@]5(C(=O)CCC)CC[C@@]4(C)[C@]3(C)CC[C@H]2C(C)(C)C1=O. The van der Waals surface area contributed by atoms with Gasteiger partial charge in [0, 0.05) is 36.0 Å². The molecular weight excluding hydrogens is 470 g/mol. The van der Waals surface area contributed by atoms with Crippen molar-refractivity contribution in [3.05, 3.63) is 11.4 Å². The fourth-order valence-electron chi connectivity index (χ4n) is 11.7. The maximum absolute atomic E-state index is 14.6. The topological polar surface area (TPSA) is 55.6 Å². The number of Topliss-reactive ketones (excluding diaryl/α,β-unsaturated/α-hetero) is 3. The fourth-order valence-corrected chi connectivity index (χ4v) is 11.7. The van der Waals surface area contributed by atoms with E-state index in [1.807, 2.05) is 0 Å². The van der Waals surface area contributed by atoms with Crippen LogP contribution in [-0.4, -0.2) is 23.4 Å². The standard InChI is InChI=1S/C34H51NO3/c1-10-11-26(37)34-16-14-29(2,3)19-21(34)27-23(36)18-25-31(6)20-22(35-9)28(38)30(4,5)24(31)12-13-32(25,7)33(27,8)15-17-34/h21-22,24-25,27H,10-20H2,1-8H3/t21-,22?,24-,25+,27-,31-,32+,33+,34-/m0/s1. The molecule has 0 amide bonds. The van der Waals surface area contributed by atoms with Crippen molar-refractivity contribution in [2.75, 3.05) is 0 Å². The minimum absolute atomic E-state index is 0.0403. The summed E-state index contributed by atoms with van der Waals surface area (Å²) >= 11 is 0. The van der Waals surface area contributed by atoms with Crippen LogP contribution in [-0.2, 0) is 14.4 Å². The molecule has 38 heavy (non-hydrogen) atoms. The van der Waals surface area contributed by atoms with Gasteiger partial charge in [0.15, 0.2) is 0 Å². The van der Waals surface area contributed by atoms with E-state index in [9.17, 15) is 14.4 Å². The Balaban J connectivity index is 1.60. The highest BCUT2D eigenvalue weighted by atomic mass is 16.1. The van der Waals surface area contributed by atoms with E-state index in [4.69, 9.17) is 6.57 Å². The minimum atomic E-state index is -0.598. The van der Waals surface area contributed by atoms with Crippen molar-refractivity contribution < 1.29 is 14.4 Å². The van der Waals surface area contributed by atoms with E-state index in [0.29, 0.717) is 30.8 Å². The van der Waals surface area contributed by atoms with Crippen LogP contribution in [0.2, 0.25) is 0 Å². The quantitative estimate of drug-likeness (QED) is 0.355. The second-order valence-corrected chi connectivity index (χ2v) is 16.4. The molecule has 0 heterocycles. The second kappa shape index (κ2) is 8.50. The number of hydrogen-bond acceptors (Lipinski definition) is 3. The number of rotatable bonds is 3. The molecule has 0 aromatic rings. The maximum atomic E-state index is 14.6. The molecular formula is C34H51NO3. The highest BCUT2D eigenvalue weighted by Gasteiger charge is 2.74. The number of hydrogen-bond donors (Lipinski definition) is 0. The molecule has 5 aliphatic carbocycles. The fraction of sp³-hybridized carbons (Fsp3) is 0.882. The van der Waals surface area contributed by atoms with Crippen molar-refractivity contribution in [1.82, 2.24) is 0 Å². The summed E-state index contributed by atoms with van der Waals surface area (Å²) < 4.78 is 0. The summed E-state index contributed by atoms with van der Waals surface area (Å²) in [5, 5.41) is 0. The van der Waals surface area contributed by atoms with Gasteiger partial charge in [-0.1, -0.05) is 55.4 Å². The lowest BCUT2D eigenvalue weighted by molar-refractivity contribution is -0.233. The van der Waals surface area contributed by atoms with Gasteiger partial charge in [-0.2, -0.15) is 0 Å². The van der Waals surface area contributed by atoms with E-state index in [0.717, 1.165) is 51.4 Å². The van der Waals surface area contributed by atoms with Crippen molar-refractivity contribution in [3.63, 3.8) is 0 Å². The molecule has 0 aromatic carbocycles. The smallest absolute Gasteiger partial charge is 0.281 e. The van der Waals surface area contributed by atoms with Gasteiger partial charge in [0.05, 0.1) is 0 Å². The zero-order chi connectivity index (χ0) is 28.1. The molecule has 210 valence electrons. The average molecular weight is 522 g/mol. The highest BCUT2D eigenvalue weighted by Crippen LogP contribution is 2.76. The molecule has 1 unspecified atom stereocenters. The van der Waals surface area contributed by atoms with Gasteiger partial charge in [-0.05, 0) is 90.8 Å². The molecule has 0 N–H and O–H groups in total. The molecule has 5 saturated carbocycles. The summed E-state index contributed by atoms with van der Waals surface area (Å²) in [6, 6.07) is -0.598. The summed E-state index contributed by atoms with van der Waals surface area (Å²) in [5.74, 6) is 1.36. The van der Waals surface area contributed by atoms with Gasteiger partial charge < -0.3 is 4.85 Å². The number of carbonyl (C=O) groups excluding carboxylic acids is 3. The molecule has 5 aliphatic rings. The van der Waals surface area contributed by atoms with Gasteiger partial charge in [0.1, 0.15) is 11.6 Å². The van der Waals surface area contributed by atoms with Crippen LogP contribution in [0.5, 0.6) is 0 Å². The largest absolute Gasteiger partial charge is 0.305 e. The monoisotopic (exact) mass is 521 g/mol. The Morgan fingerprint density at radius 3 is 2.18 bits per heavy atom. The molecule has 0 radical (unpaired) electrons. The molecule has 9 atom stereocenters. The zero-order valence-electron chi connectivity index (χ0n) is 25.3. The summed E-state index contributed by atoms with van der Waals surface area (Å²) in [7, 11) is 0. The third-order valence-electron chi connectivity index (χ3n) is 13.9. The van der Waals surface area contributed by atoms with Crippen LogP contribution in [0.3, 0.4) is 0 Å². The Hall–Kier alpha value is -1.50. The molecule has 4 nitrogen and oxygen atoms in total. The van der Waals surface area contributed by atoms with Crippen molar-refractivity contribution >= 4 is 17.3 Å². The lowest BCUT2D eigenvalue weighted by atomic mass is 9.31. The predicted molar refractivity (Wildman–Crippen MR) is 150 cm³/mol. The number of ketones is 3. The van der Waals surface area contributed by atoms with Crippen LogP contribution in [0, 0.1) is 62.7 Å². The zero-order valence-corrected chi connectivity index (χ0v) is 25.3. The molecule has 5 fully saturated rings. The Bertz CT molecular complexity index is 1100. The highest BCUT2D eigenvalue weighted by molar-refractivity contribution is 5.92. The van der Waals surface area contributed by atoms with Crippen LogP contribution in [0.15, 0.2) is 0 Å². The van der Waals surface area contributed by atoms with E-state index in [-0.39, 0.29) is 56.5 Å². The molecule has 5 rings (SSSR count). The van der Waals surface area contributed by atoms with Crippen LogP contribution >= 0.6 is 0 Å². The lowest BCUT2D eigenvalue weighted by Gasteiger charge is -2.72. The normalized spacial score (nSPS) is 49.1. The average Bonchev–Trinajstić information content (AvgIpc) is 2.82. The Morgan fingerprint density at radius 2 is 1.55 bits per heavy atom. The summed E-state index contributed by atoms with van der Waals surface area (Å²) in [4.78, 5) is 45.6. The number of fused-ring (bicyclic) bond motifs is 7. The molecule has 0 spiro atoms. The molecule has 0 aromatic heterocycles. The van der Waals surface area contributed by atoms with Crippen molar-refractivity contribution in [1.29, 1.82) is 0 Å². The lowest BCUT2D eigenvalue weighted by Crippen LogP contribution is -2.70. The first-order valence-electron chi connectivity index (χ1n) is 15.5. The Morgan fingerprint density at radius 1 is 0.895 bits per heavy atom. The first-order valence-corrected chi connectivity index (χ1v) is 15.5. The first kappa shape index (κ1) is 28.0. The predicted octanol–water partition coefficient (Wildman–Crippen LogP) is 7.88. The van der Waals surface area contributed by atoms with E-state index in [1.54, 1.807) is 0 Å². The molecule has 0 saturated heterocycles. The van der Waals surface area contributed by atoms with Gasteiger partial charge >= 0.3 is 0 Å². The van der Waals surface area contributed by atoms with Gasteiger partial charge in [-0.15, -0.1) is 0 Å². The third kappa shape index (κ3) is 3.41. The first-order chi connectivity index (χ1) is 17.5. The van der Waals surface area contributed by atoms with Crippen molar-refractivity contribution in [2.45, 2.75) is 132 Å². The van der Waals surface area contributed by atoms with E-state index in [2.05, 4.69) is 60.2 Å². The Labute approximate surface area is 231 Å². The van der Waals surface area contributed by atoms with E-state index >= 15 is 0 Å². The number of carbonyl (C=O) groups is 3. The molecule has 4 heteroatoms. The van der Waals surface area contributed by atoms with Gasteiger partial charge in [0.25, 0.3) is 6.04 Å². The molecule has 0 aliphatic heterocycles. The summed E-state index contributed by atoms with van der Waals surface area (Å²) in [5.41, 5.74) is -1.12. The Kier molecular flexibility index (Phi) is 6.27. The van der Waals surface area contributed by atoms with Crippen LogP contribution < -0.4 is 0 Å². The van der Waals surface area contributed by atoms with Crippen LogP contribution in [0.1, 0.15) is 126 Å². The van der Waals surface area contributed by atoms with Gasteiger partial charge in [-0.3, -0.25) is 14.4 Å². The second-order valence-electron chi connectivity index (χ2n) is 16.4.